The maximum absolute atomic E-state index is 14.2. The van der Waals surface area contributed by atoms with Crippen LogP contribution < -0.4 is 15.4 Å². The molecule has 0 heterocycles. The molecule has 0 aromatic heterocycles. The zero-order valence-corrected chi connectivity index (χ0v) is 25.7. The number of carbonyl (C=O) groups excluding carboxylic acids is 2. The molecule has 2 amide bonds. The van der Waals surface area contributed by atoms with Crippen molar-refractivity contribution in [3.63, 3.8) is 0 Å². The van der Waals surface area contributed by atoms with Gasteiger partial charge in [0.2, 0.25) is 0 Å². The van der Waals surface area contributed by atoms with Crippen molar-refractivity contribution in [3.05, 3.63) is 150 Å². The van der Waals surface area contributed by atoms with E-state index in [2.05, 4.69) is 17.2 Å². The van der Waals surface area contributed by atoms with Crippen molar-refractivity contribution < 1.29 is 31.9 Å². The van der Waals surface area contributed by atoms with Crippen LogP contribution >= 0.6 is 22.6 Å². The highest BCUT2D eigenvalue weighted by Gasteiger charge is 2.28. The standard InChI is InChI=1S/C35H25F4IN2O3/c1-2-34(36,37)27-9-5-11-29(19-27)41-32(43)25-16-26(33(44)42-30-12-6-10-28(20-30)35(38,39)40)18-31(17-25)45-21-22-13-14-23-7-3-4-8-24(23)15-22/h2-20H,1,21H2,(H,41,43)(H,42,44). The first kappa shape index (κ1) is 31.7. The Kier molecular flexibility index (Phi) is 9.24. The van der Waals surface area contributed by atoms with Gasteiger partial charge in [0.05, 0.1) is 0 Å². The summed E-state index contributed by atoms with van der Waals surface area (Å²) < 4.78 is 58.9. The Bertz CT molecular complexity index is 1910. The van der Waals surface area contributed by atoms with Gasteiger partial charge >= 0.3 is 3.93 Å². The summed E-state index contributed by atoms with van der Waals surface area (Å²) in [7, 11) is 0. The number of hydrogen-bond acceptors (Lipinski definition) is 3. The van der Waals surface area contributed by atoms with E-state index in [1.54, 1.807) is 0 Å². The van der Waals surface area contributed by atoms with E-state index in [4.69, 9.17) is 4.74 Å². The number of fused-ring (bicyclic) bond motifs is 1. The smallest absolute Gasteiger partial charge is 0.321 e. The first-order valence-corrected chi connectivity index (χ1v) is 14.7. The van der Waals surface area contributed by atoms with Gasteiger partial charge in [0.25, 0.3) is 17.7 Å². The number of hydrogen-bond donors (Lipinski definition) is 2. The average molecular weight is 724 g/mol. The van der Waals surface area contributed by atoms with E-state index in [9.17, 15) is 27.2 Å². The Morgan fingerprint density at radius 1 is 0.711 bits per heavy atom. The number of carbonyl (C=O) groups is 2. The van der Waals surface area contributed by atoms with Crippen LogP contribution in [0, 0.1) is 0 Å². The fourth-order valence-electron chi connectivity index (χ4n) is 4.54. The van der Waals surface area contributed by atoms with Gasteiger partial charge in [-0.15, -0.1) is 0 Å². The number of benzene rings is 5. The van der Waals surface area contributed by atoms with Crippen molar-refractivity contribution in [2.45, 2.75) is 16.5 Å². The van der Waals surface area contributed by atoms with Crippen LogP contribution in [-0.2, 0) is 16.5 Å². The highest BCUT2D eigenvalue weighted by atomic mass is 127. The quantitative estimate of drug-likeness (QED) is 0.0653. The summed E-state index contributed by atoms with van der Waals surface area (Å²) in [5.74, 6) is -4.49. The molecule has 0 atom stereocenters. The Hall–Kier alpha value is -4.71. The van der Waals surface area contributed by atoms with Crippen molar-refractivity contribution in [1.29, 1.82) is 0 Å². The summed E-state index contributed by atoms with van der Waals surface area (Å²) in [6.07, 6.45) is 0.506. The van der Waals surface area contributed by atoms with E-state index in [-0.39, 0.29) is 46.0 Å². The zero-order valence-electron chi connectivity index (χ0n) is 23.5. The molecular weight excluding hydrogens is 699 g/mol. The first-order valence-electron chi connectivity index (χ1n) is 13.6. The van der Waals surface area contributed by atoms with Crippen LogP contribution in [0.1, 0.15) is 37.4 Å². The summed E-state index contributed by atoms with van der Waals surface area (Å²) in [5, 5.41) is 7.22. The SMILES string of the molecule is C=CC(F)(F)c1cccc(NC(=O)c2cc(OCc3ccc4ccccc4c3)cc(C(=O)Nc3cccc(C(F)(F)I)c3)c2)c1. The van der Waals surface area contributed by atoms with Gasteiger partial charge in [-0.05, 0) is 70.9 Å². The van der Waals surface area contributed by atoms with E-state index < -0.39 is 21.7 Å². The molecule has 0 radical (unpaired) electrons. The fraction of sp³-hybridized carbons (Fsp3) is 0.0857. The molecule has 5 aromatic carbocycles. The van der Waals surface area contributed by atoms with Crippen LogP contribution in [0.5, 0.6) is 5.75 Å². The first-order chi connectivity index (χ1) is 21.4. The third kappa shape index (κ3) is 7.88. The van der Waals surface area contributed by atoms with Crippen LogP contribution in [0.25, 0.3) is 10.8 Å². The van der Waals surface area contributed by atoms with Crippen molar-refractivity contribution in [1.82, 2.24) is 0 Å². The number of alkyl halides is 5. The average Bonchev–Trinajstić information content (AvgIpc) is 3.03. The Morgan fingerprint density at radius 2 is 1.29 bits per heavy atom. The highest BCUT2D eigenvalue weighted by molar-refractivity contribution is 14.1. The van der Waals surface area contributed by atoms with Crippen molar-refractivity contribution >= 4 is 56.6 Å². The van der Waals surface area contributed by atoms with Gasteiger partial charge in [0.1, 0.15) is 12.4 Å². The number of halogens is 5. The third-order valence-corrected chi connectivity index (χ3v) is 7.48. The van der Waals surface area contributed by atoms with Gasteiger partial charge in [-0.1, -0.05) is 67.2 Å². The molecule has 0 bridgehead atoms. The molecule has 5 rings (SSSR count). The van der Waals surface area contributed by atoms with E-state index in [0.717, 1.165) is 51.1 Å². The van der Waals surface area contributed by atoms with Gasteiger partial charge in [-0.3, -0.25) is 9.59 Å². The molecule has 0 spiro atoms. The minimum atomic E-state index is -3.30. The van der Waals surface area contributed by atoms with E-state index in [1.165, 1.54) is 54.6 Å². The molecule has 0 unspecified atom stereocenters. The maximum atomic E-state index is 14.2. The number of nitrogens with one attached hydrogen (secondary N) is 2. The lowest BCUT2D eigenvalue weighted by Gasteiger charge is -2.15. The topological polar surface area (TPSA) is 67.4 Å². The normalized spacial score (nSPS) is 11.6. The predicted molar refractivity (Wildman–Crippen MR) is 176 cm³/mol. The molecule has 45 heavy (non-hydrogen) atoms. The van der Waals surface area contributed by atoms with E-state index in [1.807, 2.05) is 42.5 Å². The minimum absolute atomic E-state index is 0.00425. The van der Waals surface area contributed by atoms with Gasteiger partial charge in [-0.2, -0.15) is 17.6 Å². The minimum Gasteiger partial charge on any atom is -0.489 e. The Morgan fingerprint density at radius 3 is 1.89 bits per heavy atom. The molecule has 0 fully saturated rings. The number of amides is 2. The van der Waals surface area contributed by atoms with Gasteiger partial charge in [0, 0.05) is 56.2 Å². The summed E-state index contributed by atoms with van der Waals surface area (Å²) in [6.45, 7) is 3.27. The lowest BCUT2D eigenvalue weighted by molar-refractivity contribution is 0.0525. The number of ether oxygens (including phenoxy) is 1. The maximum Gasteiger partial charge on any atom is 0.321 e. The molecule has 0 aliphatic heterocycles. The van der Waals surface area contributed by atoms with Crippen molar-refractivity contribution in [2.24, 2.45) is 0 Å². The Labute approximate surface area is 270 Å². The number of allylic oxidation sites excluding steroid dienone is 1. The summed E-state index contributed by atoms with van der Waals surface area (Å²) in [4.78, 5) is 26.6. The molecule has 5 aromatic rings. The van der Waals surface area contributed by atoms with Crippen LogP contribution in [0.2, 0.25) is 0 Å². The van der Waals surface area contributed by atoms with E-state index in [0.29, 0.717) is 6.08 Å². The predicted octanol–water partition coefficient (Wildman–Crippen LogP) is 9.69. The summed E-state index contributed by atoms with van der Waals surface area (Å²) in [6, 6.07) is 28.2. The van der Waals surface area contributed by atoms with Gasteiger partial charge < -0.3 is 15.4 Å². The zero-order chi connectivity index (χ0) is 32.2. The Balaban J connectivity index is 1.44. The lowest BCUT2D eigenvalue weighted by Crippen LogP contribution is -2.17. The van der Waals surface area contributed by atoms with E-state index >= 15 is 0 Å². The second-order valence-corrected chi connectivity index (χ2v) is 11.5. The molecule has 10 heteroatoms. The molecule has 0 saturated carbocycles. The molecule has 2 N–H and O–H groups in total. The largest absolute Gasteiger partial charge is 0.489 e. The van der Waals surface area contributed by atoms with Crippen LogP contribution in [0.4, 0.5) is 28.9 Å². The van der Waals surface area contributed by atoms with Crippen LogP contribution in [-0.4, -0.2) is 11.8 Å². The third-order valence-electron chi connectivity index (χ3n) is 6.86. The molecule has 5 nitrogen and oxygen atoms in total. The lowest BCUT2D eigenvalue weighted by atomic mass is 10.1. The summed E-state index contributed by atoms with van der Waals surface area (Å²) in [5.41, 5.74) is 0.427. The van der Waals surface area contributed by atoms with Crippen LogP contribution in [0.15, 0.2) is 122 Å². The molecule has 0 aliphatic carbocycles. The fourth-order valence-corrected chi connectivity index (χ4v) is 4.88. The summed E-state index contributed by atoms with van der Waals surface area (Å²) >= 11 is 1.00. The second kappa shape index (κ2) is 13.1. The highest BCUT2D eigenvalue weighted by Crippen LogP contribution is 2.36. The number of anilines is 2. The monoisotopic (exact) mass is 724 g/mol. The van der Waals surface area contributed by atoms with Crippen molar-refractivity contribution in [2.75, 3.05) is 10.6 Å². The molecule has 0 aliphatic rings. The second-order valence-electron chi connectivity index (χ2n) is 10.1. The van der Waals surface area contributed by atoms with Gasteiger partial charge in [-0.25, -0.2) is 0 Å². The molecular formula is C35H25F4IN2O3. The molecule has 228 valence electrons. The molecule has 0 saturated heterocycles. The van der Waals surface area contributed by atoms with Crippen LogP contribution in [0.3, 0.4) is 0 Å². The van der Waals surface area contributed by atoms with Crippen molar-refractivity contribution in [3.8, 4) is 5.75 Å². The number of rotatable bonds is 10. The van der Waals surface area contributed by atoms with Gasteiger partial charge in [0.15, 0.2) is 0 Å².